The maximum atomic E-state index is 8.92. The number of H-pyrrole nitrogens is 1. The number of rotatable bonds is 0. The van der Waals surface area contributed by atoms with E-state index in [4.69, 9.17) is 5.21 Å². The van der Waals surface area contributed by atoms with Crippen molar-refractivity contribution in [1.82, 2.24) is 14.7 Å². The quantitative estimate of drug-likeness (QED) is 0.504. The first-order valence-electron chi connectivity index (χ1n) is 2.57. The third kappa shape index (κ3) is 0.440. The first kappa shape index (κ1) is 4.43. The number of imidazole rings is 1. The molecule has 2 heterocycles. The molecule has 0 spiro atoms. The van der Waals surface area contributed by atoms with Gasteiger partial charge < -0.3 is 10.2 Å². The predicted molar refractivity (Wildman–Crippen MR) is 31.3 cm³/mol. The van der Waals surface area contributed by atoms with E-state index >= 15 is 0 Å². The van der Waals surface area contributed by atoms with E-state index in [9.17, 15) is 0 Å². The summed E-state index contributed by atoms with van der Waals surface area (Å²) >= 11 is 0. The Labute approximate surface area is 50.7 Å². The van der Waals surface area contributed by atoms with Crippen LogP contribution >= 0.6 is 0 Å². The molecule has 0 fully saturated rings. The largest absolute Gasteiger partial charge is 0.425 e. The monoisotopic (exact) mass is 123 g/mol. The molecular weight excluding hydrogens is 118 g/mol. The molecule has 0 amide bonds. The van der Waals surface area contributed by atoms with E-state index in [2.05, 4.69) is 9.97 Å². The predicted octanol–water partition coefficient (Wildman–Crippen LogP) is 0.602. The summed E-state index contributed by atoms with van der Waals surface area (Å²) in [5.74, 6) is 0. The summed E-state index contributed by atoms with van der Waals surface area (Å²) in [5, 5.41) is 8.92. The highest BCUT2D eigenvalue weighted by atomic mass is 16.5. The molecule has 46 valence electrons. The number of nitrogens with one attached hydrogen (secondary N) is 1. The van der Waals surface area contributed by atoms with Gasteiger partial charge in [0.05, 0.1) is 0 Å². The lowest BCUT2D eigenvalue weighted by atomic mass is 10.6. The van der Waals surface area contributed by atoms with Gasteiger partial charge in [0.15, 0.2) is 5.65 Å². The molecule has 0 aliphatic rings. The molecule has 0 unspecified atom stereocenters. The molecule has 0 aromatic carbocycles. The molecule has 0 radical (unpaired) electrons. The van der Waals surface area contributed by atoms with Gasteiger partial charge in [0.25, 0.3) is 0 Å². The number of aromatic nitrogens is 3. The Bertz CT molecular complexity index is 321. The topological polar surface area (TPSA) is 53.8 Å². The molecule has 0 saturated heterocycles. The van der Waals surface area contributed by atoms with Gasteiger partial charge in [-0.25, -0.2) is 4.98 Å². The summed E-state index contributed by atoms with van der Waals surface area (Å²) in [6.07, 6.45) is 3.07. The van der Waals surface area contributed by atoms with Crippen LogP contribution in [0.3, 0.4) is 0 Å². The van der Waals surface area contributed by atoms with Gasteiger partial charge in [0.1, 0.15) is 11.8 Å². The van der Waals surface area contributed by atoms with E-state index in [1.54, 1.807) is 12.3 Å². The lowest BCUT2D eigenvalue weighted by molar-refractivity contribution is 0.196. The van der Waals surface area contributed by atoms with Crippen molar-refractivity contribution < 1.29 is 5.21 Å². The molecule has 2 aromatic rings. The Morgan fingerprint density at radius 3 is 3.33 bits per heavy atom. The van der Waals surface area contributed by atoms with Gasteiger partial charge in [0, 0.05) is 6.20 Å². The van der Waals surface area contributed by atoms with Crippen LogP contribution in [0.4, 0.5) is 0 Å². The Morgan fingerprint density at radius 1 is 1.67 bits per heavy atom. The summed E-state index contributed by atoms with van der Waals surface area (Å²) in [4.78, 5) is 6.68. The second-order valence-corrected chi connectivity index (χ2v) is 1.80. The van der Waals surface area contributed by atoms with Crippen LogP contribution in [-0.2, 0) is 0 Å². The van der Waals surface area contributed by atoms with Crippen LogP contribution in [0.1, 0.15) is 0 Å². The van der Waals surface area contributed by atoms with E-state index < -0.39 is 0 Å². The van der Waals surface area contributed by atoms with Gasteiger partial charge in [-0.05, 0) is 6.07 Å². The van der Waals surface area contributed by atoms with Gasteiger partial charge >= 0.3 is 0 Å². The molecule has 9 heavy (non-hydrogen) atoms. The van der Waals surface area contributed by atoms with Crippen molar-refractivity contribution in [3.8, 4) is 0 Å². The van der Waals surface area contributed by atoms with Crippen molar-refractivity contribution in [3.63, 3.8) is 0 Å². The average Bonchev–Trinajstić information content (AvgIpc) is 2.35. The minimum atomic E-state index is 0.634. The van der Waals surface area contributed by atoms with Gasteiger partial charge in [-0.3, -0.25) is 0 Å². The summed E-state index contributed by atoms with van der Waals surface area (Å²) in [6, 6.07) is 1.79. The molecule has 0 saturated carbocycles. The van der Waals surface area contributed by atoms with Crippen LogP contribution in [-0.4, -0.2) is 19.9 Å². The van der Waals surface area contributed by atoms with Crippen LogP contribution < -0.4 is 0 Å². The van der Waals surface area contributed by atoms with E-state index in [1.165, 1.54) is 6.33 Å². The lowest BCUT2D eigenvalue weighted by Gasteiger charge is -1.83. The van der Waals surface area contributed by atoms with Crippen LogP contribution in [0.25, 0.3) is 11.2 Å². The summed E-state index contributed by atoms with van der Waals surface area (Å²) in [6.45, 7) is 0. The Kier molecular flexibility index (Phi) is 0.631. The fourth-order valence-corrected chi connectivity index (χ4v) is 0.815. The molecule has 0 aliphatic carbocycles. The van der Waals surface area contributed by atoms with Gasteiger partial charge in [-0.2, -0.15) is 4.73 Å². The minimum Gasteiger partial charge on any atom is -0.425 e. The average molecular weight is 123 g/mol. The molecule has 4 heteroatoms. The third-order valence-corrected chi connectivity index (χ3v) is 1.24. The van der Waals surface area contributed by atoms with Crippen molar-refractivity contribution >= 4 is 11.2 Å². The number of fused-ring (bicyclic) bond motifs is 1. The van der Waals surface area contributed by atoms with Crippen LogP contribution in [0.15, 0.2) is 18.6 Å². The highest BCUT2D eigenvalue weighted by molar-refractivity contribution is 5.70. The fourth-order valence-electron chi connectivity index (χ4n) is 0.815. The maximum absolute atomic E-state index is 8.92. The SMILES string of the molecule is On1cnc2cc[nH]c21. The highest BCUT2D eigenvalue weighted by Gasteiger charge is 1.98. The molecule has 0 bridgehead atoms. The first-order valence-corrected chi connectivity index (χ1v) is 2.57. The summed E-state index contributed by atoms with van der Waals surface area (Å²) in [5.41, 5.74) is 1.41. The van der Waals surface area contributed by atoms with Gasteiger partial charge in [-0.1, -0.05) is 0 Å². The molecule has 2 rings (SSSR count). The second-order valence-electron chi connectivity index (χ2n) is 1.80. The molecule has 2 aromatic heterocycles. The smallest absolute Gasteiger partial charge is 0.173 e. The number of nitrogens with zero attached hydrogens (tertiary/aromatic N) is 2. The summed E-state index contributed by atoms with van der Waals surface area (Å²) in [7, 11) is 0. The molecule has 2 N–H and O–H groups in total. The zero-order valence-corrected chi connectivity index (χ0v) is 4.57. The van der Waals surface area contributed by atoms with Crippen molar-refractivity contribution in [3.05, 3.63) is 18.6 Å². The standard InChI is InChI=1S/C5H5N3O/c9-8-3-7-4-1-2-6-5(4)8/h1-3,6,9H. The Morgan fingerprint density at radius 2 is 2.56 bits per heavy atom. The van der Waals surface area contributed by atoms with E-state index in [-0.39, 0.29) is 0 Å². The Balaban J connectivity index is 2.99. The van der Waals surface area contributed by atoms with Gasteiger partial charge in [0.2, 0.25) is 0 Å². The minimum absolute atomic E-state index is 0.634. The van der Waals surface area contributed by atoms with Crippen LogP contribution in [0.2, 0.25) is 0 Å². The maximum Gasteiger partial charge on any atom is 0.173 e. The van der Waals surface area contributed by atoms with Crippen molar-refractivity contribution in [2.24, 2.45) is 0 Å². The third-order valence-electron chi connectivity index (χ3n) is 1.24. The number of hydrogen-bond acceptors (Lipinski definition) is 2. The zero-order chi connectivity index (χ0) is 6.27. The van der Waals surface area contributed by atoms with Crippen molar-refractivity contribution in [2.75, 3.05) is 0 Å². The number of aromatic amines is 1. The molecule has 0 atom stereocenters. The normalized spacial score (nSPS) is 10.7. The second kappa shape index (κ2) is 1.28. The number of hydrogen-bond donors (Lipinski definition) is 2. The summed E-state index contributed by atoms with van der Waals surface area (Å²) < 4.78 is 0.954. The van der Waals surface area contributed by atoms with E-state index in [0.29, 0.717) is 5.65 Å². The van der Waals surface area contributed by atoms with Gasteiger partial charge in [-0.15, -0.1) is 0 Å². The highest BCUT2D eigenvalue weighted by Crippen LogP contribution is 2.06. The zero-order valence-electron chi connectivity index (χ0n) is 4.57. The van der Waals surface area contributed by atoms with Crippen LogP contribution in [0, 0.1) is 0 Å². The first-order chi connectivity index (χ1) is 4.38. The molecule has 4 nitrogen and oxygen atoms in total. The van der Waals surface area contributed by atoms with Crippen molar-refractivity contribution in [2.45, 2.75) is 0 Å². The molecule has 0 aliphatic heterocycles. The lowest BCUT2D eigenvalue weighted by Crippen LogP contribution is -1.84. The molecular formula is C5H5N3O. The Hall–Kier alpha value is -1.45. The fraction of sp³-hybridized carbons (Fsp3) is 0. The van der Waals surface area contributed by atoms with Crippen LogP contribution in [0.5, 0.6) is 0 Å². The van der Waals surface area contributed by atoms with E-state index in [0.717, 1.165) is 10.2 Å². The van der Waals surface area contributed by atoms with E-state index in [1.807, 2.05) is 0 Å². The van der Waals surface area contributed by atoms with Crippen molar-refractivity contribution in [1.29, 1.82) is 0 Å².